The summed E-state index contributed by atoms with van der Waals surface area (Å²) in [5, 5.41) is 1.22. The van der Waals surface area contributed by atoms with Gasteiger partial charge in [-0.05, 0) is 67.1 Å². The quantitative estimate of drug-likeness (QED) is 0.392. The van der Waals surface area contributed by atoms with Crippen molar-refractivity contribution in [3.05, 3.63) is 74.4 Å². The van der Waals surface area contributed by atoms with E-state index in [0.717, 1.165) is 59.1 Å². The number of ether oxygens (including phenoxy) is 2. The van der Waals surface area contributed by atoms with Crippen molar-refractivity contribution in [2.24, 2.45) is 5.92 Å². The van der Waals surface area contributed by atoms with Crippen LogP contribution in [0.5, 0.6) is 11.5 Å². The van der Waals surface area contributed by atoms with Crippen molar-refractivity contribution in [1.29, 1.82) is 0 Å². The van der Waals surface area contributed by atoms with Crippen LogP contribution in [0.1, 0.15) is 53.2 Å². The molecule has 35 heavy (non-hydrogen) atoms. The lowest BCUT2D eigenvalue weighted by atomic mass is 9.89. The Morgan fingerprint density at radius 2 is 2.09 bits per heavy atom. The zero-order valence-electron chi connectivity index (χ0n) is 19.4. The lowest BCUT2D eigenvalue weighted by molar-refractivity contribution is -0.120. The summed E-state index contributed by atoms with van der Waals surface area (Å²) in [4.78, 5) is 21.5. The van der Waals surface area contributed by atoms with Crippen LogP contribution in [0, 0.1) is 11.7 Å². The molecular weight excluding hydrogens is 487 g/mol. The van der Waals surface area contributed by atoms with Gasteiger partial charge in [0.1, 0.15) is 16.6 Å². The number of halogens is 2. The zero-order chi connectivity index (χ0) is 24.2. The predicted molar refractivity (Wildman–Crippen MR) is 133 cm³/mol. The molecule has 0 spiro atoms. The number of hydrogen-bond donors (Lipinski definition) is 0. The number of benzene rings is 2. The fourth-order valence-corrected chi connectivity index (χ4v) is 6.69. The Kier molecular flexibility index (Phi) is 5.82. The van der Waals surface area contributed by atoms with Crippen molar-refractivity contribution in [2.75, 3.05) is 19.9 Å². The van der Waals surface area contributed by atoms with Crippen LogP contribution in [0.4, 0.5) is 4.39 Å². The van der Waals surface area contributed by atoms with Crippen LogP contribution in [0.2, 0.25) is 5.02 Å². The van der Waals surface area contributed by atoms with E-state index in [2.05, 4.69) is 16.8 Å². The van der Waals surface area contributed by atoms with Gasteiger partial charge in [0.15, 0.2) is 11.5 Å². The number of rotatable bonds is 7. The molecule has 2 fully saturated rings. The van der Waals surface area contributed by atoms with Crippen molar-refractivity contribution in [2.45, 2.75) is 44.1 Å². The second-order valence-corrected chi connectivity index (χ2v) is 11.4. The standard InChI is InChI=1S/C27H26ClFN2O3S/c1-16-6-9-31(14-16)26(19-4-3-18(29)11-20(19)28)23-13-30-25(35-23)12-24(32)27(7-8-27)17-2-5-21-22(10-17)34-15-33-21/h2-5,10-11,13,16,26H,6-9,12,14-15H2,1H3/t16-,26-/m1/s1. The number of likely N-dealkylation sites (tertiary alicyclic amines) is 1. The molecule has 0 amide bonds. The van der Waals surface area contributed by atoms with Crippen molar-refractivity contribution in [3.63, 3.8) is 0 Å². The van der Waals surface area contributed by atoms with Gasteiger partial charge in [0.25, 0.3) is 0 Å². The molecule has 1 saturated carbocycles. The number of ketones is 1. The van der Waals surface area contributed by atoms with E-state index in [1.54, 1.807) is 17.4 Å². The maximum absolute atomic E-state index is 13.8. The van der Waals surface area contributed by atoms with Crippen LogP contribution >= 0.6 is 22.9 Å². The van der Waals surface area contributed by atoms with Gasteiger partial charge in [-0.2, -0.15) is 0 Å². The van der Waals surface area contributed by atoms with E-state index in [0.29, 0.717) is 23.1 Å². The van der Waals surface area contributed by atoms with Gasteiger partial charge in [-0.1, -0.05) is 30.7 Å². The highest BCUT2D eigenvalue weighted by Crippen LogP contribution is 2.52. The molecule has 3 aromatic rings. The number of nitrogens with zero attached hydrogens (tertiary/aromatic N) is 2. The molecule has 0 unspecified atom stereocenters. The molecule has 2 atom stereocenters. The third-order valence-electron chi connectivity index (χ3n) is 7.44. The van der Waals surface area contributed by atoms with Crippen LogP contribution < -0.4 is 9.47 Å². The average molecular weight is 513 g/mol. The summed E-state index contributed by atoms with van der Waals surface area (Å²) in [6, 6.07) is 10.3. The molecule has 3 heterocycles. The van der Waals surface area contributed by atoms with E-state index >= 15 is 0 Å². The first-order valence-electron chi connectivity index (χ1n) is 12.0. The normalized spacial score (nSPS) is 21.3. The van der Waals surface area contributed by atoms with Crippen molar-refractivity contribution >= 4 is 28.7 Å². The number of Topliss-reactive ketones (excluding diaryl/α,β-unsaturated/α-hetero) is 1. The Morgan fingerprint density at radius 1 is 1.26 bits per heavy atom. The van der Waals surface area contributed by atoms with E-state index in [4.69, 9.17) is 21.1 Å². The molecule has 0 N–H and O–H groups in total. The minimum Gasteiger partial charge on any atom is -0.454 e. The third-order valence-corrected chi connectivity index (χ3v) is 8.82. The first-order valence-corrected chi connectivity index (χ1v) is 13.2. The van der Waals surface area contributed by atoms with Gasteiger partial charge >= 0.3 is 0 Å². The Balaban J connectivity index is 1.25. The second kappa shape index (κ2) is 8.87. The summed E-state index contributed by atoms with van der Waals surface area (Å²) in [6.07, 6.45) is 4.93. The maximum atomic E-state index is 13.8. The zero-order valence-corrected chi connectivity index (χ0v) is 21.0. The Labute approximate surface area is 212 Å². The van der Waals surface area contributed by atoms with Crippen LogP contribution in [0.15, 0.2) is 42.6 Å². The largest absolute Gasteiger partial charge is 0.454 e. The molecule has 2 aliphatic heterocycles. The number of carbonyl (C=O) groups excluding carboxylic acids is 1. The second-order valence-electron chi connectivity index (χ2n) is 9.86. The predicted octanol–water partition coefficient (Wildman–Crippen LogP) is 5.94. The Morgan fingerprint density at radius 3 is 2.83 bits per heavy atom. The number of hydrogen-bond acceptors (Lipinski definition) is 6. The summed E-state index contributed by atoms with van der Waals surface area (Å²) >= 11 is 8.05. The smallest absolute Gasteiger partial charge is 0.231 e. The molecule has 1 aromatic heterocycles. The first kappa shape index (κ1) is 23.0. The van der Waals surface area contributed by atoms with Gasteiger partial charge in [0.05, 0.1) is 17.9 Å². The summed E-state index contributed by atoms with van der Waals surface area (Å²) in [5.74, 6) is 1.85. The molecule has 3 aliphatic rings. The van der Waals surface area contributed by atoms with E-state index in [9.17, 15) is 9.18 Å². The van der Waals surface area contributed by atoms with E-state index in [1.165, 1.54) is 12.1 Å². The minimum atomic E-state index is -0.461. The molecule has 0 bridgehead atoms. The third kappa shape index (κ3) is 4.24. The monoisotopic (exact) mass is 512 g/mol. The Hall–Kier alpha value is -2.48. The van der Waals surface area contributed by atoms with Crippen molar-refractivity contribution in [3.8, 4) is 11.5 Å². The molecule has 8 heteroatoms. The fraction of sp³-hybridized carbons (Fsp3) is 0.407. The fourth-order valence-electron chi connectivity index (χ4n) is 5.34. The van der Waals surface area contributed by atoms with Crippen LogP contribution in [0.3, 0.4) is 0 Å². The van der Waals surface area contributed by atoms with Crippen LogP contribution in [-0.2, 0) is 16.6 Å². The van der Waals surface area contributed by atoms with Crippen molar-refractivity contribution in [1.82, 2.24) is 9.88 Å². The summed E-state index contributed by atoms with van der Waals surface area (Å²) in [7, 11) is 0. The lowest BCUT2D eigenvalue weighted by Gasteiger charge is -2.28. The SMILES string of the molecule is C[C@@H]1CCN([C@@H](c2cnc(CC(=O)C3(c4ccc5c(c4)OCO5)CC3)s2)c2ccc(F)cc2Cl)C1. The van der Waals surface area contributed by atoms with E-state index in [1.807, 2.05) is 24.4 Å². The maximum Gasteiger partial charge on any atom is 0.231 e. The minimum absolute atomic E-state index is 0.0989. The highest BCUT2D eigenvalue weighted by Gasteiger charge is 2.51. The summed E-state index contributed by atoms with van der Waals surface area (Å²) in [6.45, 7) is 4.35. The highest BCUT2D eigenvalue weighted by molar-refractivity contribution is 7.11. The topological polar surface area (TPSA) is 51.7 Å². The molecule has 1 aliphatic carbocycles. The number of aromatic nitrogens is 1. The first-order chi connectivity index (χ1) is 16.9. The molecule has 182 valence electrons. The van der Waals surface area contributed by atoms with Gasteiger partial charge < -0.3 is 9.47 Å². The molecular formula is C27H26ClFN2O3S. The van der Waals surface area contributed by atoms with Crippen molar-refractivity contribution < 1.29 is 18.7 Å². The number of fused-ring (bicyclic) bond motifs is 1. The van der Waals surface area contributed by atoms with Gasteiger partial charge in [0.2, 0.25) is 6.79 Å². The summed E-state index contributed by atoms with van der Waals surface area (Å²) < 4.78 is 24.7. The number of carbonyl (C=O) groups is 1. The lowest BCUT2D eigenvalue weighted by Crippen LogP contribution is -2.27. The van der Waals surface area contributed by atoms with Crippen LogP contribution in [0.25, 0.3) is 0 Å². The molecule has 0 radical (unpaired) electrons. The number of thiazole rings is 1. The Bertz CT molecular complexity index is 1290. The highest BCUT2D eigenvalue weighted by atomic mass is 35.5. The molecule has 2 aromatic carbocycles. The molecule has 6 rings (SSSR count). The molecule has 1 saturated heterocycles. The van der Waals surface area contributed by atoms with Crippen LogP contribution in [-0.4, -0.2) is 35.5 Å². The molecule has 5 nitrogen and oxygen atoms in total. The van der Waals surface area contributed by atoms with Gasteiger partial charge in [0, 0.05) is 22.6 Å². The van der Waals surface area contributed by atoms with Gasteiger partial charge in [-0.15, -0.1) is 11.3 Å². The summed E-state index contributed by atoms with van der Waals surface area (Å²) in [5.41, 5.74) is 1.41. The van der Waals surface area contributed by atoms with E-state index < -0.39 is 5.41 Å². The van der Waals surface area contributed by atoms with Gasteiger partial charge in [-0.3, -0.25) is 9.69 Å². The average Bonchev–Trinajstić information content (AvgIpc) is 3.12. The van der Waals surface area contributed by atoms with Gasteiger partial charge in [-0.25, -0.2) is 9.37 Å². The van der Waals surface area contributed by atoms with E-state index in [-0.39, 0.29) is 24.4 Å².